The fraction of sp³-hybridized carbons (Fsp3) is 0.154. The number of furan rings is 1. The van der Waals surface area contributed by atoms with Crippen molar-refractivity contribution in [3.63, 3.8) is 0 Å². The molecule has 8 aromatic carbocycles. The molecule has 0 atom stereocenters. The highest BCUT2D eigenvalue weighted by atomic mass is 16.3. The van der Waals surface area contributed by atoms with E-state index in [0.29, 0.717) is 0 Å². The highest BCUT2D eigenvalue weighted by molar-refractivity contribution is 6.25. The predicted octanol–water partition coefficient (Wildman–Crippen LogP) is 15.0. The van der Waals surface area contributed by atoms with Crippen LogP contribution in [-0.2, 0) is 0 Å². The SMILES string of the molecule is Cc1c(C)c(C)c2c(-c3ccc(-c4ccc5oc6ccccc6c5c4)cc3)c3c(C)c(C)c(C)c(C)c3c(-c3ccc(-c4ccccc4)cc3)c2c1C. The Hall–Kier alpha value is -5.92. The summed E-state index contributed by atoms with van der Waals surface area (Å²) < 4.78 is 6.15. The van der Waals surface area contributed by atoms with Crippen LogP contribution in [0.1, 0.15) is 44.5 Å². The third-order valence-corrected chi connectivity index (χ3v) is 12.5. The molecule has 0 aliphatic carbocycles. The van der Waals surface area contributed by atoms with Gasteiger partial charge in [0, 0.05) is 10.8 Å². The van der Waals surface area contributed by atoms with Crippen molar-refractivity contribution in [1.82, 2.24) is 0 Å². The molecule has 53 heavy (non-hydrogen) atoms. The van der Waals surface area contributed by atoms with E-state index in [9.17, 15) is 0 Å². The minimum atomic E-state index is 0.923. The first-order chi connectivity index (χ1) is 25.6. The number of rotatable bonds is 4. The summed E-state index contributed by atoms with van der Waals surface area (Å²) in [6, 6.07) is 44.2. The highest BCUT2D eigenvalue weighted by Crippen LogP contribution is 2.51. The van der Waals surface area contributed by atoms with Gasteiger partial charge in [0.05, 0.1) is 0 Å². The molecule has 0 amide bonds. The molecule has 1 heteroatoms. The standard InChI is InChI=1S/C52H44O/c1-29-31(3)35(7)49-47(33(29)5)51(40-22-18-38(19-23-40)37-14-10-9-11-15-37)48-34(6)30(2)32(4)36(8)50(48)52(49)41-24-20-39(21-25-41)42-26-27-46-44(28-42)43-16-12-13-17-45(43)53-46/h9-28H,1-8H3. The molecular weight excluding hydrogens is 641 g/mol. The average Bonchev–Trinajstić information content (AvgIpc) is 3.58. The summed E-state index contributed by atoms with van der Waals surface area (Å²) in [6.07, 6.45) is 0. The lowest BCUT2D eigenvalue weighted by Crippen LogP contribution is -2.03. The maximum Gasteiger partial charge on any atom is 0.135 e. The third kappa shape index (κ3) is 4.98. The highest BCUT2D eigenvalue weighted by Gasteiger charge is 2.26. The van der Waals surface area contributed by atoms with Crippen molar-refractivity contribution in [3.8, 4) is 44.5 Å². The van der Waals surface area contributed by atoms with E-state index >= 15 is 0 Å². The molecule has 0 saturated carbocycles. The smallest absolute Gasteiger partial charge is 0.135 e. The first-order valence-electron chi connectivity index (χ1n) is 18.8. The van der Waals surface area contributed by atoms with E-state index in [1.165, 1.54) is 111 Å². The van der Waals surface area contributed by atoms with Crippen molar-refractivity contribution in [2.75, 3.05) is 0 Å². The lowest BCUT2D eigenvalue weighted by atomic mass is 9.76. The zero-order valence-electron chi connectivity index (χ0n) is 32.0. The summed E-state index contributed by atoms with van der Waals surface area (Å²) in [4.78, 5) is 0. The van der Waals surface area contributed by atoms with Crippen LogP contribution in [0.15, 0.2) is 126 Å². The fourth-order valence-corrected chi connectivity index (χ4v) is 8.90. The number of benzene rings is 8. The Bertz CT molecular complexity index is 2840. The number of para-hydroxylation sites is 1. The number of hydrogen-bond donors (Lipinski definition) is 0. The summed E-state index contributed by atoms with van der Waals surface area (Å²) in [5.74, 6) is 0. The molecule has 9 rings (SSSR count). The Kier molecular flexibility index (Phi) is 7.68. The van der Waals surface area contributed by atoms with E-state index in [1.807, 2.05) is 12.1 Å². The lowest BCUT2D eigenvalue weighted by Gasteiger charge is -2.27. The monoisotopic (exact) mass is 684 g/mol. The first kappa shape index (κ1) is 33.0. The second-order valence-electron chi connectivity index (χ2n) is 15.1. The fourth-order valence-electron chi connectivity index (χ4n) is 8.90. The van der Waals surface area contributed by atoms with Crippen molar-refractivity contribution in [2.45, 2.75) is 55.4 Å². The van der Waals surface area contributed by atoms with Crippen molar-refractivity contribution >= 4 is 43.5 Å². The van der Waals surface area contributed by atoms with Crippen LogP contribution in [0, 0.1) is 55.4 Å². The van der Waals surface area contributed by atoms with E-state index < -0.39 is 0 Å². The molecule has 0 unspecified atom stereocenters. The Morgan fingerprint density at radius 2 is 0.642 bits per heavy atom. The maximum atomic E-state index is 6.15. The van der Waals surface area contributed by atoms with Gasteiger partial charge in [-0.1, -0.05) is 103 Å². The minimum absolute atomic E-state index is 0.923. The molecule has 9 aromatic rings. The van der Waals surface area contributed by atoms with Crippen LogP contribution in [0.25, 0.3) is 88.0 Å². The quantitative estimate of drug-likeness (QED) is 0.168. The molecule has 0 spiro atoms. The van der Waals surface area contributed by atoms with Gasteiger partial charge in [0.25, 0.3) is 0 Å². The van der Waals surface area contributed by atoms with Gasteiger partial charge in [-0.3, -0.25) is 0 Å². The van der Waals surface area contributed by atoms with Crippen LogP contribution in [0.2, 0.25) is 0 Å². The van der Waals surface area contributed by atoms with E-state index in [-0.39, 0.29) is 0 Å². The zero-order chi connectivity index (χ0) is 36.7. The molecule has 258 valence electrons. The Morgan fingerprint density at radius 3 is 1.13 bits per heavy atom. The number of aryl methyl sites for hydroxylation is 4. The van der Waals surface area contributed by atoms with Crippen molar-refractivity contribution in [3.05, 3.63) is 166 Å². The Balaban J connectivity index is 1.33. The zero-order valence-corrected chi connectivity index (χ0v) is 32.0. The minimum Gasteiger partial charge on any atom is -0.456 e. The van der Waals surface area contributed by atoms with Crippen molar-refractivity contribution < 1.29 is 4.42 Å². The Morgan fingerprint density at radius 1 is 0.283 bits per heavy atom. The molecule has 0 aliphatic rings. The summed E-state index contributed by atoms with van der Waals surface area (Å²) in [6.45, 7) is 18.6. The second-order valence-corrected chi connectivity index (χ2v) is 15.1. The predicted molar refractivity (Wildman–Crippen MR) is 228 cm³/mol. The molecule has 1 nitrogen and oxygen atoms in total. The lowest BCUT2D eigenvalue weighted by molar-refractivity contribution is 0.669. The Labute approximate surface area is 312 Å². The largest absolute Gasteiger partial charge is 0.456 e. The number of hydrogen-bond acceptors (Lipinski definition) is 1. The average molecular weight is 685 g/mol. The van der Waals surface area contributed by atoms with Gasteiger partial charge in [0.2, 0.25) is 0 Å². The molecule has 0 fully saturated rings. The van der Waals surface area contributed by atoms with Gasteiger partial charge in [-0.2, -0.15) is 0 Å². The molecule has 0 aliphatic heterocycles. The van der Waals surface area contributed by atoms with Crippen LogP contribution in [0.5, 0.6) is 0 Å². The van der Waals surface area contributed by atoms with Gasteiger partial charge in [-0.05, 0) is 184 Å². The molecule has 1 aromatic heterocycles. The van der Waals surface area contributed by atoms with Gasteiger partial charge in [0.15, 0.2) is 0 Å². The van der Waals surface area contributed by atoms with Crippen LogP contribution < -0.4 is 0 Å². The van der Waals surface area contributed by atoms with E-state index in [4.69, 9.17) is 4.42 Å². The van der Waals surface area contributed by atoms with Gasteiger partial charge >= 0.3 is 0 Å². The summed E-state index contributed by atoms with van der Waals surface area (Å²) in [5.41, 5.74) is 22.9. The third-order valence-electron chi connectivity index (χ3n) is 12.5. The maximum absolute atomic E-state index is 6.15. The molecule has 0 N–H and O–H groups in total. The van der Waals surface area contributed by atoms with Gasteiger partial charge < -0.3 is 4.42 Å². The van der Waals surface area contributed by atoms with Crippen LogP contribution >= 0.6 is 0 Å². The molecule has 0 radical (unpaired) electrons. The van der Waals surface area contributed by atoms with Gasteiger partial charge in [-0.15, -0.1) is 0 Å². The van der Waals surface area contributed by atoms with Crippen molar-refractivity contribution in [1.29, 1.82) is 0 Å². The van der Waals surface area contributed by atoms with Crippen molar-refractivity contribution in [2.24, 2.45) is 0 Å². The number of fused-ring (bicyclic) bond motifs is 5. The van der Waals surface area contributed by atoms with Crippen LogP contribution in [-0.4, -0.2) is 0 Å². The first-order valence-corrected chi connectivity index (χ1v) is 18.8. The second kappa shape index (κ2) is 12.3. The van der Waals surface area contributed by atoms with Crippen LogP contribution in [0.3, 0.4) is 0 Å². The summed E-state index contributed by atoms with van der Waals surface area (Å²) in [7, 11) is 0. The van der Waals surface area contributed by atoms with Gasteiger partial charge in [-0.25, -0.2) is 0 Å². The topological polar surface area (TPSA) is 13.1 Å². The normalized spacial score (nSPS) is 11.8. The summed E-state index contributed by atoms with van der Waals surface area (Å²) >= 11 is 0. The van der Waals surface area contributed by atoms with E-state index in [2.05, 4.69) is 165 Å². The molecular formula is C52H44O. The van der Waals surface area contributed by atoms with Gasteiger partial charge in [0.1, 0.15) is 11.2 Å². The molecule has 0 saturated heterocycles. The van der Waals surface area contributed by atoms with E-state index in [0.717, 1.165) is 21.9 Å². The van der Waals surface area contributed by atoms with Crippen LogP contribution in [0.4, 0.5) is 0 Å². The molecule has 1 heterocycles. The summed E-state index contributed by atoms with van der Waals surface area (Å²) in [5, 5.41) is 7.78. The van der Waals surface area contributed by atoms with E-state index in [1.54, 1.807) is 0 Å². The molecule has 0 bridgehead atoms.